The first-order valence-electron chi connectivity index (χ1n) is 8.01. The van der Waals surface area contributed by atoms with Crippen molar-refractivity contribution in [2.24, 2.45) is 0 Å². The van der Waals surface area contributed by atoms with Crippen LogP contribution in [-0.4, -0.2) is 24.6 Å². The molecular formula is C20H14ClFO5S. The number of phenols is 1. The van der Waals surface area contributed by atoms with Gasteiger partial charge in [0.15, 0.2) is 15.6 Å². The van der Waals surface area contributed by atoms with Crippen molar-refractivity contribution in [3.8, 4) is 16.9 Å². The summed E-state index contributed by atoms with van der Waals surface area (Å²) in [5, 5.41) is 18.7. The molecule has 0 aliphatic rings. The van der Waals surface area contributed by atoms with Gasteiger partial charge in [-0.1, -0.05) is 48.0 Å². The van der Waals surface area contributed by atoms with E-state index in [0.717, 1.165) is 23.8 Å². The van der Waals surface area contributed by atoms with Crippen LogP contribution >= 0.6 is 11.6 Å². The van der Waals surface area contributed by atoms with E-state index < -0.39 is 48.6 Å². The third-order valence-corrected chi connectivity index (χ3v) is 6.07. The molecule has 0 atom stereocenters. The fourth-order valence-corrected chi connectivity index (χ4v) is 4.48. The minimum Gasteiger partial charge on any atom is -0.505 e. The number of hydrogen-bond donors (Lipinski definition) is 2. The normalized spacial score (nSPS) is 11.4. The highest BCUT2D eigenvalue weighted by Crippen LogP contribution is 2.35. The molecule has 28 heavy (non-hydrogen) atoms. The SMILES string of the molecule is O=C(O)c1cc(Cl)c(O)c(S(=O)(=O)Cc2cc(-c3ccccc3)ccc2F)c1. The van der Waals surface area contributed by atoms with Gasteiger partial charge in [-0.2, -0.15) is 0 Å². The van der Waals surface area contributed by atoms with Crippen LogP contribution in [0.15, 0.2) is 65.6 Å². The Balaban J connectivity index is 2.05. The Morgan fingerprint density at radius 3 is 2.32 bits per heavy atom. The average Bonchev–Trinajstić information content (AvgIpc) is 2.65. The van der Waals surface area contributed by atoms with Gasteiger partial charge < -0.3 is 10.2 Å². The van der Waals surface area contributed by atoms with Gasteiger partial charge in [-0.3, -0.25) is 0 Å². The largest absolute Gasteiger partial charge is 0.505 e. The molecule has 0 spiro atoms. The fraction of sp³-hybridized carbons (Fsp3) is 0.0500. The Hall–Kier alpha value is -2.90. The summed E-state index contributed by atoms with van der Waals surface area (Å²) in [5.74, 6) is -3.68. The lowest BCUT2D eigenvalue weighted by Gasteiger charge is -2.11. The number of hydrogen-bond acceptors (Lipinski definition) is 4. The van der Waals surface area contributed by atoms with Gasteiger partial charge in [0.25, 0.3) is 0 Å². The highest BCUT2D eigenvalue weighted by Gasteiger charge is 2.25. The van der Waals surface area contributed by atoms with Crippen molar-refractivity contribution >= 4 is 27.4 Å². The molecule has 0 aliphatic carbocycles. The standard InChI is InChI=1S/C20H14ClFO5S/c21-16-9-14(20(24)25)10-18(19(16)23)28(26,27)11-15-8-13(6-7-17(15)22)12-4-2-1-3-5-12/h1-10,23H,11H2,(H,24,25). The van der Waals surface area contributed by atoms with Gasteiger partial charge >= 0.3 is 5.97 Å². The van der Waals surface area contributed by atoms with Gasteiger partial charge in [-0.25, -0.2) is 17.6 Å². The van der Waals surface area contributed by atoms with Gasteiger partial charge in [0.05, 0.1) is 16.3 Å². The summed E-state index contributed by atoms with van der Waals surface area (Å²) in [7, 11) is -4.28. The number of aromatic carboxylic acids is 1. The molecule has 0 bridgehead atoms. The summed E-state index contributed by atoms with van der Waals surface area (Å²) in [4.78, 5) is 10.5. The zero-order valence-electron chi connectivity index (χ0n) is 14.3. The third kappa shape index (κ3) is 4.00. The van der Waals surface area contributed by atoms with Crippen molar-refractivity contribution in [1.82, 2.24) is 0 Å². The van der Waals surface area contributed by atoms with Crippen LogP contribution in [0.2, 0.25) is 5.02 Å². The summed E-state index contributed by atoms with van der Waals surface area (Å²) in [5.41, 5.74) is 0.881. The monoisotopic (exact) mass is 420 g/mol. The molecule has 2 N–H and O–H groups in total. The number of rotatable bonds is 5. The number of sulfone groups is 1. The van der Waals surface area contributed by atoms with E-state index in [2.05, 4.69) is 0 Å². The van der Waals surface area contributed by atoms with Gasteiger partial charge in [-0.15, -0.1) is 0 Å². The molecule has 0 saturated carbocycles. The Bertz CT molecular complexity index is 1160. The molecule has 5 nitrogen and oxygen atoms in total. The summed E-state index contributed by atoms with van der Waals surface area (Å²) in [6.07, 6.45) is 0. The van der Waals surface area contributed by atoms with Crippen LogP contribution in [0.4, 0.5) is 4.39 Å². The first-order valence-corrected chi connectivity index (χ1v) is 10.0. The number of benzene rings is 3. The van der Waals surface area contributed by atoms with E-state index in [-0.39, 0.29) is 5.56 Å². The van der Waals surface area contributed by atoms with Crippen molar-refractivity contribution in [3.05, 3.63) is 82.6 Å². The molecule has 3 aromatic carbocycles. The first-order chi connectivity index (χ1) is 13.2. The smallest absolute Gasteiger partial charge is 0.335 e. The second kappa shape index (κ2) is 7.61. The van der Waals surface area contributed by atoms with Crippen molar-refractivity contribution in [2.75, 3.05) is 0 Å². The zero-order chi connectivity index (χ0) is 20.5. The molecule has 0 unspecified atom stereocenters. The number of aromatic hydroxyl groups is 1. The Morgan fingerprint density at radius 2 is 1.68 bits per heavy atom. The maximum Gasteiger partial charge on any atom is 0.335 e. The first kappa shape index (κ1) is 19.9. The minimum atomic E-state index is -4.28. The molecule has 3 aromatic rings. The summed E-state index contributed by atoms with van der Waals surface area (Å²) in [6, 6.07) is 14.9. The Morgan fingerprint density at radius 1 is 1.00 bits per heavy atom. The number of carboxylic acid groups (broad SMARTS) is 1. The van der Waals surface area contributed by atoms with Crippen LogP contribution in [0.25, 0.3) is 11.1 Å². The molecule has 0 amide bonds. The maximum absolute atomic E-state index is 14.3. The lowest BCUT2D eigenvalue weighted by atomic mass is 10.0. The predicted octanol–water partition coefficient (Wildman–Crippen LogP) is 4.52. The van der Waals surface area contributed by atoms with Gasteiger partial charge in [0.1, 0.15) is 10.7 Å². The predicted molar refractivity (Wildman–Crippen MR) is 103 cm³/mol. The summed E-state index contributed by atoms with van der Waals surface area (Å²) in [6.45, 7) is 0. The van der Waals surface area contributed by atoms with E-state index >= 15 is 0 Å². The van der Waals surface area contributed by atoms with Crippen molar-refractivity contribution < 1.29 is 27.8 Å². The second-order valence-electron chi connectivity index (χ2n) is 6.04. The number of carboxylic acids is 1. The molecule has 144 valence electrons. The van der Waals surface area contributed by atoms with Gasteiger partial charge in [0, 0.05) is 5.56 Å². The number of halogens is 2. The second-order valence-corrected chi connectivity index (χ2v) is 8.41. The average molecular weight is 421 g/mol. The fourth-order valence-electron chi connectivity index (χ4n) is 2.71. The molecule has 0 aliphatic heterocycles. The molecule has 0 heterocycles. The van der Waals surface area contributed by atoms with Crippen molar-refractivity contribution in [1.29, 1.82) is 0 Å². The van der Waals surface area contributed by atoms with Gasteiger partial charge in [0.2, 0.25) is 0 Å². The summed E-state index contributed by atoms with van der Waals surface area (Å²) >= 11 is 5.76. The number of carbonyl (C=O) groups is 1. The Kier molecular flexibility index (Phi) is 5.40. The highest BCUT2D eigenvalue weighted by molar-refractivity contribution is 7.90. The molecule has 0 fully saturated rings. The van der Waals surface area contributed by atoms with E-state index in [1.54, 1.807) is 24.3 Å². The van der Waals surface area contributed by atoms with Crippen LogP contribution in [0.1, 0.15) is 15.9 Å². The van der Waals surface area contributed by atoms with E-state index in [1.807, 2.05) is 6.07 Å². The lowest BCUT2D eigenvalue weighted by Crippen LogP contribution is -2.09. The molecule has 8 heteroatoms. The maximum atomic E-state index is 14.3. The lowest BCUT2D eigenvalue weighted by molar-refractivity contribution is 0.0696. The van der Waals surface area contributed by atoms with Crippen LogP contribution < -0.4 is 0 Å². The van der Waals surface area contributed by atoms with Crippen molar-refractivity contribution in [2.45, 2.75) is 10.6 Å². The van der Waals surface area contributed by atoms with E-state index in [1.165, 1.54) is 12.1 Å². The van der Waals surface area contributed by atoms with E-state index in [0.29, 0.717) is 5.56 Å². The third-order valence-electron chi connectivity index (χ3n) is 4.11. The van der Waals surface area contributed by atoms with Crippen LogP contribution in [-0.2, 0) is 15.6 Å². The molecule has 0 radical (unpaired) electrons. The summed E-state index contributed by atoms with van der Waals surface area (Å²) < 4.78 is 39.8. The Labute approximate surface area is 165 Å². The van der Waals surface area contributed by atoms with Crippen molar-refractivity contribution in [3.63, 3.8) is 0 Å². The van der Waals surface area contributed by atoms with Gasteiger partial charge in [-0.05, 0) is 35.4 Å². The highest BCUT2D eigenvalue weighted by atomic mass is 35.5. The van der Waals surface area contributed by atoms with Crippen LogP contribution in [0, 0.1) is 5.82 Å². The van der Waals surface area contributed by atoms with Crippen LogP contribution in [0.3, 0.4) is 0 Å². The molecular weight excluding hydrogens is 407 g/mol. The zero-order valence-corrected chi connectivity index (χ0v) is 15.8. The van der Waals surface area contributed by atoms with E-state index in [4.69, 9.17) is 16.7 Å². The quantitative estimate of drug-likeness (QED) is 0.633. The molecule has 3 rings (SSSR count). The number of phenolic OH excluding ortho intramolecular Hbond substituents is 1. The van der Waals surface area contributed by atoms with Crippen LogP contribution in [0.5, 0.6) is 5.75 Å². The minimum absolute atomic E-state index is 0.113. The molecule has 0 aromatic heterocycles. The van der Waals surface area contributed by atoms with E-state index in [9.17, 15) is 22.7 Å². The topological polar surface area (TPSA) is 91.7 Å². The molecule has 0 saturated heterocycles.